The van der Waals surface area contributed by atoms with Gasteiger partial charge in [0, 0.05) is 6.20 Å². The molecule has 0 amide bonds. The van der Waals surface area contributed by atoms with Crippen molar-refractivity contribution in [3.63, 3.8) is 0 Å². The summed E-state index contributed by atoms with van der Waals surface area (Å²) in [6, 6.07) is 3.73. The van der Waals surface area contributed by atoms with Gasteiger partial charge >= 0.3 is 0 Å². The lowest BCUT2D eigenvalue weighted by Gasteiger charge is -2.04. The standard InChI is InChI=1S/C6H4N3S/c10-9-4-8-6-5(9)2-1-3-7-6/h1-4H/q-1. The van der Waals surface area contributed by atoms with E-state index in [1.54, 1.807) is 12.5 Å². The van der Waals surface area contributed by atoms with Crippen LogP contribution in [0.3, 0.4) is 0 Å². The number of rotatable bonds is 0. The molecule has 0 aliphatic carbocycles. The van der Waals surface area contributed by atoms with Crippen molar-refractivity contribution < 1.29 is 0 Å². The third-order valence-electron chi connectivity index (χ3n) is 1.29. The predicted octanol–water partition coefficient (Wildman–Crippen LogP) is 0.741. The third-order valence-corrected chi connectivity index (χ3v) is 1.58. The minimum atomic E-state index is 0.706. The number of hydrogen-bond donors (Lipinski definition) is 0. The van der Waals surface area contributed by atoms with E-state index in [4.69, 9.17) is 12.8 Å². The predicted molar refractivity (Wildman–Crippen MR) is 40.3 cm³/mol. The average Bonchev–Trinajstić information content (AvgIpc) is 2.34. The van der Waals surface area contributed by atoms with Crippen molar-refractivity contribution in [1.82, 2.24) is 13.9 Å². The van der Waals surface area contributed by atoms with Gasteiger partial charge in [-0.1, -0.05) is 0 Å². The van der Waals surface area contributed by atoms with Gasteiger partial charge in [-0.05, 0) is 12.1 Å². The first-order valence-corrected chi connectivity index (χ1v) is 3.20. The lowest BCUT2D eigenvalue weighted by atomic mass is 10.4. The molecule has 0 bridgehead atoms. The lowest BCUT2D eigenvalue weighted by molar-refractivity contribution is 1.26. The van der Waals surface area contributed by atoms with Crippen molar-refractivity contribution in [2.75, 3.05) is 0 Å². The van der Waals surface area contributed by atoms with Crippen molar-refractivity contribution in [2.45, 2.75) is 0 Å². The summed E-state index contributed by atoms with van der Waals surface area (Å²) in [6.07, 6.45) is 3.28. The number of hydrogen-bond acceptors (Lipinski definition) is 3. The molecular formula is C6H4N3S-. The molecule has 0 atom stereocenters. The zero-order valence-corrected chi connectivity index (χ0v) is 5.88. The van der Waals surface area contributed by atoms with Gasteiger partial charge in [0.1, 0.15) is 0 Å². The molecular weight excluding hydrogens is 146 g/mol. The van der Waals surface area contributed by atoms with Crippen molar-refractivity contribution in [1.29, 1.82) is 0 Å². The molecule has 2 aromatic heterocycles. The van der Waals surface area contributed by atoms with Crippen LogP contribution in [0.15, 0.2) is 24.7 Å². The molecule has 2 rings (SSSR count). The van der Waals surface area contributed by atoms with E-state index in [-0.39, 0.29) is 0 Å². The van der Waals surface area contributed by atoms with E-state index in [1.165, 1.54) is 3.97 Å². The first-order valence-electron chi connectivity index (χ1n) is 2.83. The Balaban J connectivity index is 2.93. The van der Waals surface area contributed by atoms with Gasteiger partial charge in [-0.25, -0.2) is 9.97 Å². The first-order chi connectivity index (χ1) is 4.88. The maximum atomic E-state index is 4.90. The van der Waals surface area contributed by atoms with E-state index in [0.717, 1.165) is 5.52 Å². The fraction of sp³-hybridized carbons (Fsp3) is 0. The minimum absolute atomic E-state index is 0.706. The normalized spacial score (nSPS) is 10.4. The Hall–Kier alpha value is -1.16. The number of pyridine rings is 1. The van der Waals surface area contributed by atoms with Gasteiger partial charge in [-0.15, -0.1) is 0 Å². The smallest absolute Gasteiger partial charge is 0.175 e. The summed E-state index contributed by atoms with van der Waals surface area (Å²) in [7, 11) is 0. The Bertz CT molecular complexity index is 355. The van der Waals surface area contributed by atoms with Crippen molar-refractivity contribution in [2.24, 2.45) is 0 Å². The summed E-state index contributed by atoms with van der Waals surface area (Å²) < 4.78 is 1.53. The number of imidazole rings is 1. The van der Waals surface area contributed by atoms with Gasteiger partial charge in [0.05, 0.1) is 11.8 Å². The van der Waals surface area contributed by atoms with Gasteiger partial charge in [0.25, 0.3) is 0 Å². The Morgan fingerprint density at radius 2 is 2.30 bits per heavy atom. The van der Waals surface area contributed by atoms with Crippen LogP contribution in [0.4, 0.5) is 0 Å². The molecule has 0 aliphatic rings. The fourth-order valence-electron chi connectivity index (χ4n) is 0.829. The monoisotopic (exact) mass is 150 g/mol. The number of fused-ring (bicyclic) bond motifs is 1. The SMILES string of the molecule is [S-]n1cnc2ncccc21. The topological polar surface area (TPSA) is 30.7 Å². The summed E-state index contributed by atoms with van der Waals surface area (Å²) in [5.41, 5.74) is 1.59. The lowest BCUT2D eigenvalue weighted by Crippen LogP contribution is -1.81. The largest absolute Gasteiger partial charge is 0.686 e. The zero-order valence-electron chi connectivity index (χ0n) is 5.06. The zero-order chi connectivity index (χ0) is 6.97. The van der Waals surface area contributed by atoms with Crippen LogP contribution in [0.5, 0.6) is 0 Å². The highest BCUT2D eigenvalue weighted by Crippen LogP contribution is 2.05. The Labute approximate surface area is 63.3 Å². The van der Waals surface area contributed by atoms with Crippen LogP contribution in [0.1, 0.15) is 0 Å². The molecule has 0 radical (unpaired) electrons. The van der Waals surface area contributed by atoms with Gasteiger partial charge in [0.2, 0.25) is 0 Å². The van der Waals surface area contributed by atoms with Crippen LogP contribution in [-0.2, 0) is 12.8 Å². The van der Waals surface area contributed by atoms with E-state index in [1.807, 2.05) is 12.1 Å². The van der Waals surface area contributed by atoms with Gasteiger partial charge in [-0.2, -0.15) is 0 Å². The molecule has 0 saturated heterocycles. The molecule has 0 aliphatic heterocycles. The Kier molecular flexibility index (Phi) is 1.07. The molecule has 0 unspecified atom stereocenters. The molecule has 0 aromatic carbocycles. The molecule has 50 valence electrons. The number of nitrogens with zero attached hydrogens (tertiary/aromatic N) is 3. The van der Waals surface area contributed by atoms with Crippen LogP contribution in [0.2, 0.25) is 0 Å². The molecule has 4 heteroatoms. The van der Waals surface area contributed by atoms with Crippen LogP contribution in [0.25, 0.3) is 11.2 Å². The molecule has 0 N–H and O–H groups in total. The molecule has 0 fully saturated rings. The van der Waals surface area contributed by atoms with Gasteiger partial charge in [-0.3, -0.25) is 0 Å². The van der Waals surface area contributed by atoms with Gasteiger partial charge in [0.15, 0.2) is 5.65 Å². The fourth-order valence-corrected chi connectivity index (χ4v) is 1.02. The van der Waals surface area contributed by atoms with Crippen molar-refractivity contribution >= 4 is 24.0 Å². The third kappa shape index (κ3) is 0.657. The van der Waals surface area contributed by atoms with Crippen molar-refractivity contribution in [3.05, 3.63) is 24.7 Å². The molecule has 0 spiro atoms. The summed E-state index contributed by atoms with van der Waals surface area (Å²) in [6.45, 7) is 0. The van der Waals surface area contributed by atoms with E-state index in [2.05, 4.69) is 9.97 Å². The van der Waals surface area contributed by atoms with Crippen LogP contribution < -0.4 is 0 Å². The number of aromatic nitrogens is 3. The Morgan fingerprint density at radius 1 is 1.40 bits per heavy atom. The minimum Gasteiger partial charge on any atom is -0.686 e. The molecule has 3 nitrogen and oxygen atoms in total. The second kappa shape index (κ2) is 1.91. The quantitative estimate of drug-likeness (QED) is 0.519. The molecule has 10 heavy (non-hydrogen) atoms. The van der Waals surface area contributed by atoms with Crippen molar-refractivity contribution in [3.8, 4) is 0 Å². The van der Waals surface area contributed by atoms with Crippen LogP contribution in [0, 0.1) is 0 Å². The molecule has 2 heterocycles. The maximum absolute atomic E-state index is 4.90. The van der Waals surface area contributed by atoms with Gasteiger partial charge < -0.3 is 16.8 Å². The highest BCUT2D eigenvalue weighted by Gasteiger charge is 1.91. The summed E-state index contributed by atoms with van der Waals surface area (Å²) in [4.78, 5) is 7.97. The Morgan fingerprint density at radius 3 is 3.10 bits per heavy atom. The highest BCUT2D eigenvalue weighted by atomic mass is 32.1. The summed E-state index contributed by atoms with van der Waals surface area (Å²) in [5, 5.41) is 0. The average molecular weight is 150 g/mol. The molecule has 2 aromatic rings. The first kappa shape index (κ1) is 5.61. The van der Waals surface area contributed by atoms with E-state index >= 15 is 0 Å². The second-order valence-electron chi connectivity index (χ2n) is 1.92. The van der Waals surface area contributed by atoms with Crippen LogP contribution in [-0.4, -0.2) is 13.9 Å². The molecule has 0 saturated carbocycles. The summed E-state index contributed by atoms with van der Waals surface area (Å²) >= 11 is 4.90. The van der Waals surface area contributed by atoms with E-state index < -0.39 is 0 Å². The maximum Gasteiger partial charge on any atom is 0.175 e. The second-order valence-corrected chi connectivity index (χ2v) is 2.31. The van der Waals surface area contributed by atoms with E-state index in [0.29, 0.717) is 5.65 Å². The summed E-state index contributed by atoms with van der Waals surface area (Å²) in [5.74, 6) is 0. The highest BCUT2D eigenvalue weighted by molar-refractivity contribution is 7.57. The van der Waals surface area contributed by atoms with Crippen LogP contribution >= 0.6 is 0 Å². The van der Waals surface area contributed by atoms with E-state index in [9.17, 15) is 0 Å².